The first-order chi connectivity index (χ1) is 19.4. The van der Waals surface area contributed by atoms with Crippen LogP contribution in [0.5, 0.6) is 0 Å². The monoisotopic (exact) mass is 535 g/mol. The van der Waals surface area contributed by atoms with Gasteiger partial charge >= 0.3 is 0 Å². The van der Waals surface area contributed by atoms with Crippen LogP contribution >= 0.6 is 0 Å². The van der Waals surface area contributed by atoms with Gasteiger partial charge in [0.25, 0.3) is 5.56 Å². The quantitative estimate of drug-likeness (QED) is 0.403. The highest BCUT2D eigenvalue weighted by molar-refractivity contribution is 5.93. The molecule has 2 amide bonds. The summed E-state index contributed by atoms with van der Waals surface area (Å²) in [6.45, 7) is 4.59. The fourth-order valence-corrected chi connectivity index (χ4v) is 6.04. The maximum absolute atomic E-state index is 13.1. The molecule has 204 valence electrons. The van der Waals surface area contributed by atoms with Crippen LogP contribution in [0.4, 0.5) is 5.69 Å². The third-order valence-electron chi connectivity index (χ3n) is 8.22. The maximum Gasteiger partial charge on any atom is 0.295 e. The Morgan fingerprint density at radius 1 is 0.800 bits per heavy atom. The summed E-state index contributed by atoms with van der Waals surface area (Å²) in [5.74, 6) is -0.370. The molecule has 4 aromatic rings. The maximum atomic E-state index is 13.1. The van der Waals surface area contributed by atoms with E-state index in [-0.39, 0.29) is 41.9 Å². The van der Waals surface area contributed by atoms with Gasteiger partial charge in [-0.2, -0.15) is 0 Å². The predicted octanol–water partition coefficient (Wildman–Crippen LogP) is 4.12. The first kappa shape index (κ1) is 25.8. The van der Waals surface area contributed by atoms with Crippen molar-refractivity contribution in [2.45, 2.75) is 25.8 Å². The number of hydrogen-bond donors (Lipinski definition) is 1. The second kappa shape index (κ2) is 10.6. The van der Waals surface area contributed by atoms with Crippen molar-refractivity contribution in [2.75, 3.05) is 31.5 Å². The van der Waals surface area contributed by atoms with Crippen molar-refractivity contribution < 1.29 is 9.59 Å². The zero-order valence-corrected chi connectivity index (χ0v) is 22.8. The summed E-state index contributed by atoms with van der Waals surface area (Å²) >= 11 is 0. The van der Waals surface area contributed by atoms with Crippen LogP contribution in [0.15, 0.2) is 83.7 Å². The number of fused-ring (bicyclic) bond motifs is 3. The molecule has 0 atom stereocenters. The highest BCUT2D eigenvalue weighted by Gasteiger charge is 2.34. The van der Waals surface area contributed by atoms with Crippen LogP contribution in [0.3, 0.4) is 0 Å². The largest absolute Gasteiger partial charge is 0.340 e. The van der Waals surface area contributed by atoms with Crippen molar-refractivity contribution in [3.8, 4) is 16.8 Å². The van der Waals surface area contributed by atoms with Gasteiger partial charge in [-0.15, -0.1) is 0 Å². The first-order valence-corrected chi connectivity index (χ1v) is 13.8. The van der Waals surface area contributed by atoms with Crippen molar-refractivity contribution >= 4 is 17.5 Å². The molecule has 1 aliphatic carbocycles. The molecule has 40 heavy (non-hydrogen) atoms. The molecule has 3 aromatic carbocycles. The van der Waals surface area contributed by atoms with E-state index in [9.17, 15) is 14.4 Å². The van der Waals surface area contributed by atoms with Crippen molar-refractivity contribution in [3.63, 3.8) is 0 Å². The predicted molar refractivity (Wildman–Crippen MR) is 155 cm³/mol. The normalized spacial score (nSPS) is 15.1. The summed E-state index contributed by atoms with van der Waals surface area (Å²) in [5.41, 5.74) is 6.54. The second-order valence-electron chi connectivity index (χ2n) is 10.5. The van der Waals surface area contributed by atoms with Crippen LogP contribution in [0, 0.1) is 6.92 Å². The average Bonchev–Trinajstić information content (AvgIpc) is 3.43. The summed E-state index contributed by atoms with van der Waals surface area (Å²) in [4.78, 5) is 43.2. The number of rotatable bonds is 6. The lowest BCUT2D eigenvalue weighted by Gasteiger charge is -2.38. The van der Waals surface area contributed by atoms with E-state index in [2.05, 4.69) is 58.7 Å². The average molecular weight is 536 g/mol. The molecule has 1 aliphatic heterocycles. The van der Waals surface area contributed by atoms with Crippen LogP contribution in [0.1, 0.15) is 35.7 Å². The Labute approximate surface area is 233 Å². The van der Waals surface area contributed by atoms with Gasteiger partial charge in [0.1, 0.15) is 5.69 Å². The Balaban J connectivity index is 1.06. The number of anilines is 1. The van der Waals surface area contributed by atoms with Gasteiger partial charge in [-0.3, -0.25) is 24.0 Å². The summed E-state index contributed by atoms with van der Waals surface area (Å²) < 4.78 is 3.25. The number of para-hydroxylation sites is 1. The molecule has 0 bridgehead atoms. The minimum atomic E-state index is -0.336. The van der Waals surface area contributed by atoms with E-state index in [0.717, 1.165) is 18.8 Å². The number of carbonyl (C=O) groups is 2. The summed E-state index contributed by atoms with van der Waals surface area (Å²) in [5, 5.41) is 2.76. The highest BCUT2D eigenvalue weighted by atomic mass is 16.2. The number of carbonyl (C=O) groups excluding carboxylic acids is 2. The van der Waals surface area contributed by atoms with E-state index in [1.54, 1.807) is 18.7 Å². The van der Waals surface area contributed by atoms with Crippen molar-refractivity contribution in [3.05, 3.63) is 106 Å². The molecular formula is C32H33N5O3. The van der Waals surface area contributed by atoms with E-state index in [1.807, 2.05) is 35.2 Å². The molecule has 0 radical (unpaired) electrons. The summed E-state index contributed by atoms with van der Waals surface area (Å²) in [6, 6.07) is 26.6. The molecule has 2 heterocycles. The third kappa shape index (κ3) is 4.54. The van der Waals surface area contributed by atoms with E-state index in [1.165, 1.54) is 26.9 Å². The van der Waals surface area contributed by atoms with Gasteiger partial charge in [0, 0.05) is 46.1 Å². The minimum Gasteiger partial charge on any atom is -0.340 e. The van der Waals surface area contributed by atoms with E-state index in [0.29, 0.717) is 18.8 Å². The SMILES string of the molecule is Cc1c(NC(=O)CCC(=O)N2CCN(C3c4ccccc4-c4ccccc43)CC2)c(=O)n(-c2ccccc2)n1C. The first-order valence-electron chi connectivity index (χ1n) is 13.8. The molecule has 0 spiro atoms. The number of aromatic nitrogens is 2. The fraction of sp³-hybridized carbons (Fsp3) is 0.281. The molecule has 2 aliphatic rings. The summed E-state index contributed by atoms with van der Waals surface area (Å²) in [6.07, 6.45) is 0.140. The van der Waals surface area contributed by atoms with Gasteiger partial charge in [-0.05, 0) is 41.3 Å². The lowest BCUT2D eigenvalue weighted by atomic mass is 10.0. The molecule has 0 unspecified atom stereocenters. The minimum absolute atomic E-state index is 0.0293. The molecule has 8 heteroatoms. The third-order valence-corrected chi connectivity index (χ3v) is 8.22. The molecule has 1 aromatic heterocycles. The van der Waals surface area contributed by atoms with Gasteiger partial charge in [-0.25, -0.2) is 4.68 Å². The number of piperazine rings is 1. The fourth-order valence-electron chi connectivity index (χ4n) is 6.04. The molecule has 8 nitrogen and oxygen atoms in total. The molecule has 6 rings (SSSR count). The molecule has 1 N–H and O–H groups in total. The van der Waals surface area contributed by atoms with Crippen molar-refractivity contribution in [2.24, 2.45) is 7.05 Å². The lowest BCUT2D eigenvalue weighted by molar-refractivity contribution is -0.134. The second-order valence-corrected chi connectivity index (χ2v) is 10.5. The van der Waals surface area contributed by atoms with Crippen molar-refractivity contribution in [1.29, 1.82) is 0 Å². The Morgan fingerprint density at radius 3 is 2.00 bits per heavy atom. The highest BCUT2D eigenvalue weighted by Crippen LogP contribution is 2.46. The number of nitrogens with zero attached hydrogens (tertiary/aromatic N) is 4. The van der Waals surface area contributed by atoms with Gasteiger partial charge in [0.05, 0.1) is 17.4 Å². The van der Waals surface area contributed by atoms with Crippen LogP contribution in [0.25, 0.3) is 16.8 Å². The van der Waals surface area contributed by atoms with Gasteiger partial charge in [-0.1, -0.05) is 66.7 Å². The number of amides is 2. The van der Waals surface area contributed by atoms with E-state index < -0.39 is 0 Å². The molecule has 0 saturated carbocycles. The van der Waals surface area contributed by atoms with Crippen LogP contribution in [0.2, 0.25) is 0 Å². The zero-order valence-electron chi connectivity index (χ0n) is 22.8. The van der Waals surface area contributed by atoms with Crippen LogP contribution < -0.4 is 10.9 Å². The van der Waals surface area contributed by atoms with Crippen LogP contribution in [-0.2, 0) is 16.6 Å². The standard InChI is InChI=1S/C32H33N5O3/c1-22-30(32(40)37(34(22)2)23-10-4-3-5-11-23)33-28(38)16-17-29(39)35-18-20-36(21-19-35)31-26-14-8-6-12-24(26)25-13-7-9-15-27(25)31/h3-15,31H,16-21H2,1-2H3,(H,33,38). The summed E-state index contributed by atoms with van der Waals surface area (Å²) in [7, 11) is 1.78. The van der Waals surface area contributed by atoms with Crippen molar-refractivity contribution in [1.82, 2.24) is 19.2 Å². The molecule has 1 saturated heterocycles. The van der Waals surface area contributed by atoms with Gasteiger partial charge < -0.3 is 10.2 Å². The lowest BCUT2D eigenvalue weighted by Crippen LogP contribution is -2.49. The molecule has 1 fully saturated rings. The van der Waals surface area contributed by atoms with Crippen LogP contribution in [-0.4, -0.2) is 57.2 Å². The Bertz CT molecular complexity index is 1580. The number of nitrogens with one attached hydrogen (secondary N) is 1. The smallest absolute Gasteiger partial charge is 0.295 e. The van der Waals surface area contributed by atoms with Gasteiger partial charge in [0.2, 0.25) is 11.8 Å². The van der Waals surface area contributed by atoms with E-state index >= 15 is 0 Å². The van der Waals surface area contributed by atoms with E-state index in [4.69, 9.17) is 0 Å². The number of hydrogen-bond acceptors (Lipinski definition) is 4. The Morgan fingerprint density at radius 2 is 1.38 bits per heavy atom. The topological polar surface area (TPSA) is 79.6 Å². The number of benzene rings is 3. The zero-order chi connectivity index (χ0) is 27.8. The Hall–Kier alpha value is -4.43. The molecular weight excluding hydrogens is 502 g/mol. The Kier molecular flexibility index (Phi) is 6.86. The van der Waals surface area contributed by atoms with Gasteiger partial charge in [0.15, 0.2) is 0 Å².